The zero-order chi connectivity index (χ0) is 26.2. The van der Waals surface area contributed by atoms with Crippen LogP contribution in [0.15, 0.2) is 48.8 Å². The van der Waals surface area contributed by atoms with Crippen LogP contribution in [0.25, 0.3) is 0 Å². The van der Waals surface area contributed by atoms with Crippen molar-refractivity contribution in [2.45, 2.75) is 12.8 Å². The molecule has 2 aromatic carbocycles. The maximum atomic E-state index is 14.8. The molecule has 2 heterocycles. The van der Waals surface area contributed by atoms with E-state index in [1.165, 1.54) is 36.4 Å². The number of hydrogen-bond acceptors (Lipinski definition) is 7. The third-order valence-electron chi connectivity index (χ3n) is 5.92. The minimum Gasteiger partial charge on any atom is -0.483 e. The van der Waals surface area contributed by atoms with Crippen LogP contribution in [-0.4, -0.2) is 46.1 Å². The van der Waals surface area contributed by atoms with Gasteiger partial charge in [-0.2, -0.15) is 4.98 Å². The van der Waals surface area contributed by atoms with Gasteiger partial charge in [0.15, 0.2) is 17.4 Å². The number of nitrogens with one attached hydrogen (secondary N) is 2. The van der Waals surface area contributed by atoms with E-state index < -0.39 is 35.0 Å². The van der Waals surface area contributed by atoms with Gasteiger partial charge in [-0.05, 0) is 49.2 Å². The molecule has 0 saturated heterocycles. The Hall–Kier alpha value is -4.81. The Morgan fingerprint density at radius 2 is 1.68 bits per heavy atom. The molecular formula is C24H19F2N5O6. The predicted octanol–water partition coefficient (Wildman–Crippen LogP) is 3.78. The van der Waals surface area contributed by atoms with Gasteiger partial charge in [0, 0.05) is 17.4 Å². The van der Waals surface area contributed by atoms with Gasteiger partial charge in [0.2, 0.25) is 17.6 Å². The number of carbonyl (C=O) groups excluding carboxylic acids is 2. The maximum Gasteiger partial charge on any atom is 0.413 e. The predicted molar refractivity (Wildman–Crippen MR) is 125 cm³/mol. The van der Waals surface area contributed by atoms with Gasteiger partial charge in [0.05, 0.1) is 6.54 Å². The summed E-state index contributed by atoms with van der Waals surface area (Å²) in [6.45, 7) is 0.0952. The quantitative estimate of drug-likeness (QED) is 0.425. The van der Waals surface area contributed by atoms with E-state index in [0.717, 1.165) is 17.3 Å². The van der Waals surface area contributed by atoms with Crippen LogP contribution in [0, 0.1) is 17.0 Å². The van der Waals surface area contributed by atoms with Crippen LogP contribution in [0.2, 0.25) is 0 Å². The van der Waals surface area contributed by atoms with Crippen LogP contribution in [0.4, 0.5) is 30.8 Å². The van der Waals surface area contributed by atoms with Crippen molar-refractivity contribution < 1.29 is 37.7 Å². The van der Waals surface area contributed by atoms with E-state index in [2.05, 4.69) is 20.6 Å². The lowest BCUT2D eigenvalue weighted by Gasteiger charge is -2.26. The summed E-state index contributed by atoms with van der Waals surface area (Å²) in [5.41, 5.74) is -0.873. The summed E-state index contributed by atoms with van der Waals surface area (Å²) in [6.07, 6.45) is 0.445. The first-order valence-corrected chi connectivity index (χ1v) is 11.1. The van der Waals surface area contributed by atoms with Crippen molar-refractivity contribution in [3.05, 3.63) is 60.4 Å². The van der Waals surface area contributed by atoms with Crippen LogP contribution in [0.5, 0.6) is 17.4 Å². The highest BCUT2D eigenvalue weighted by atomic mass is 19.1. The van der Waals surface area contributed by atoms with Gasteiger partial charge in [-0.1, -0.05) is 0 Å². The van der Waals surface area contributed by atoms with E-state index in [-0.39, 0.29) is 42.0 Å². The third kappa shape index (κ3) is 4.70. The van der Waals surface area contributed by atoms with Gasteiger partial charge in [-0.15, -0.1) is 0 Å². The van der Waals surface area contributed by atoms with Gasteiger partial charge in [0.1, 0.15) is 24.2 Å². The maximum absolute atomic E-state index is 14.8. The van der Waals surface area contributed by atoms with Crippen molar-refractivity contribution in [3.63, 3.8) is 0 Å². The van der Waals surface area contributed by atoms with Crippen molar-refractivity contribution in [3.8, 4) is 17.4 Å². The highest BCUT2D eigenvalue weighted by Gasteiger charge is 2.56. The Labute approximate surface area is 208 Å². The lowest BCUT2D eigenvalue weighted by molar-refractivity contribution is -0.131. The number of benzene rings is 2. The minimum absolute atomic E-state index is 0.0262. The molecule has 0 spiro atoms. The zero-order valence-electron chi connectivity index (χ0n) is 19.0. The van der Waals surface area contributed by atoms with Gasteiger partial charge >= 0.3 is 6.09 Å². The summed E-state index contributed by atoms with van der Waals surface area (Å²) in [4.78, 5) is 45.7. The normalized spacial score (nSPS) is 15.1. The van der Waals surface area contributed by atoms with Gasteiger partial charge < -0.3 is 25.2 Å². The second-order valence-electron chi connectivity index (χ2n) is 8.36. The molecule has 3 aromatic rings. The number of aromatic nitrogens is 2. The van der Waals surface area contributed by atoms with Crippen molar-refractivity contribution in [1.82, 2.24) is 9.97 Å². The first kappa shape index (κ1) is 23.9. The molecular weight excluding hydrogens is 492 g/mol. The zero-order valence-corrected chi connectivity index (χ0v) is 19.0. The number of ether oxygens (including phenoxy) is 2. The number of carboxylic acid groups (broad SMARTS) is 1. The summed E-state index contributed by atoms with van der Waals surface area (Å²) < 4.78 is 38.9. The van der Waals surface area contributed by atoms with E-state index in [1.54, 1.807) is 0 Å². The van der Waals surface area contributed by atoms with Crippen molar-refractivity contribution in [1.29, 1.82) is 0 Å². The fraction of sp³-hybridized carbons (Fsp3) is 0.208. The van der Waals surface area contributed by atoms with E-state index >= 15 is 0 Å². The Balaban J connectivity index is 1.28. The SMILES string of the molecule is O=C(O)N1CCOc2c(Oc3ccc(NC(=O)C4(C(=O)Nc5ccc(F)cc5)CC4)cc3F)ncnc21. The van der Waals surface area contributed by atoms with Crippen molar-refractivity contribution in [2.24, 2.45) is 5.41 Å². The first-order valence-electron chi connectivity index (χ1n) is 11.1. The minimum atomic E-state index is -1.31. The molecule has 3 amide bonds. The van der Waals surface area contributed by atoms with E-state index in [4.69, 9.17) is 9.47 Å². The van der Waals surface area contributed by atoms with Crippen LogP contribution >= 0.6 is 0 Å². The molecule has 2 aliphatic rings. The van der Waals surface area contributed by atoms with Gasteiger partial charge in [-0.25, -0.2) is 18.6 Å². The highest BCUT2D eigenvalue weighted by molar-refractivity contribution is 6.16. The Kier molecular flexibility index (Phi) is 6.03. The molecule has 3 N–H and O–H groups in total. The van der Waals surface area contributed by atoms with Crippen molar-refractivity contribution in [2.75, 3.05) is 28.7 Å². The molecule has 37 heavy (non-hydrogen) atoms. The number of halogens is 2. The number of hydrogen-bond donors (Lipinski definition) is 3. The lowest BCUT2D eigenvalue weighted by Crippen LogP contribution is -2.37. The smallest absolute Gasteiger partial charge is 0.413 e. The average Bonchev–Trinajstić information content (AvgIpc) is 3.69. The molecule has 5 rings (SSSR count). The second-order valence-corrected chi connectivity index (χ2v) is 8.36. The number of anilines is 3. The molecule has 190 valence electrons. The molecule has 1 aliphatic carbocycles. The van der Waals surface area contributed by atoms with E-state index in [0.29, 0.717) is 18.5 Å². The molecule has 0 radical (unpaired) electrons. The monoisotopic (exact) mass is 511 g/mol. The number of carbonyl (C=O) groups is 3. The van der Waals surface area contributed by atoms with Gasteiger partial charge in [-0.3, -0.25) is 14.5 Å². The molecule has 13 heteroatoms. The number of fused-ring (bicyclic) bond motifs is 1. The molecule has 0 unspecified atom stereocenters. The number of rotatable bonds is 6. The molecule has 0 atom stereocenters. The highest BCUT2D eigenvalue weighted by Crippen LogP contribution is 2.47. The fourth-order valence-corrected chi connectivity index (χ4v) is 3.75. The first-order chi connectivity index (χ1) is 17.8. The van der Waals surface area contributed by atoms with Gasteiger partial charge in [0.25, 0.3) is 5.88 Å². The molecule has 1 fully saturated rings. The summed E-state index contributed by atoms with van der Waals surface area (Å²) in [6, 6.07) is 8.78. The largest absolute Gasteiger partial charge is 0.483 e. The third-order valence-corrected chi connectivity index (χ3v) is 5.92. The number of nitrogens with zero attached hydrogens (tertiary/aromatic N) is 3. The molecule has 11 nitrogen and oxygen atoms in total. The van der Waals surface area contributed by atoms with Crippen LogP contribution < -0.4 is 25.0 Å². The van der Waals surface area contributed by atoms with E-state index in [9.17, 15) is 28.3 Å². The standard InChI is InChI=1S/C24H19F2N5O6/c25-13-1-3-14(4-2-13)29-21(32)24(7-8-24)22(33)30-15-5-6-17(16(26)11-15)37-20-18-19(27-12-28-20)31(23(34)35)9-10-36-18/h1-6,11-12H,7-10H2,(H,29,32)(H,30,33)(H,34,35). The number of amides is 3. The molecule has 1 aromatic heterocycles. The molecule has 1 aliphatic heterocycles. The second kappa shape index (κ2) is 9.33. The Morgan fingerprint density at radius 3 is 2.32 bits per heavy atom. The van der Waals surface area contributed by atoms with Crippen LogP contribution in [-0.2, 0) is 9.59 Å². The van der Waals surface area contributed by atoms with Crippen LogP contribution in [0.3, 0.4) is 0 Å². The lowest BCUT2D eigenvalue weighted by atomic mass is 10.0. The molecule has 0 bridgehead atoms. The Bertz CT molecular complexity index is 1400. The summed E-state index contributed by atoms with van der Waals surface area (Å²) in [5.74, 6) is -2.96. The van der Waals surface area contributed by atoms with Crippen LogP contribution in [0.1, 0.15) is 12.8 Å². The summed E-state index contributed by atoms with van der Waals surface area (Å²) in [5, 5.41) is 14.5. The van der Waals surface area contributed by atoms with E-state index in [1.807, 2.05) is 0 Å². The summed E-state index contributed by atoms with van der Waals surface area (Å²) in [7, 11) is 0. The topological polar surface area (TPSA) is 143 Å². The molecule has 1 saturated carbocycles. The summed E-state index contributed by atoms with van der Waals surface area (Å²) >= 11 is 0. The average molecular weight is 511 g/mol. The van der Waals surface area contributed by atoms with Crippen molar-refractivity contribution >= 4 is 35.1 Å². The fourth-order valence-electron chi connectivity index (χ4n) is 3.75. The Morgan fingerprint density at radius 1 is 1.00 bits per heavy atom.